The fourth-order valence-corrected chi connectivity index (χ4v) is 1.21. The van der Waals surface area contributed by atoms with Crippen LogP contribution in [0.5, 0.6) is 0 Å². The molecule has 0 radical (unpaired) electrons. The Labute approximate surface area is 87.5 Å². The van der Waals surface area contributed by atoms with E-state index in [1.165, 1.54) is 19.2 Å². The molecule has 0 amide bonds. The number of halogens is 1. The Kier molecular flexibility index (Phi) is 3.36. The molecule has 0 aliphatic heterocycles. The standard InChI is InChI=1S/C10H13FN2O2/c1-10(12-2,9(14)15-3)8-5-4-7(11)6-13-8/h4-6,12H,1-3H3. The second-order valence-electron chi connectivity index (χ2n) is 3.23. The summed E-state index contributed by atoms with van der Waals surface area (Å²) < 4.78 is 17.3. The van der Waals surface area contributed by atoms with E-state index in [-0.39, 0.29) is 0 Å². The second kappa shape index (κ2) is 4.35. The molecule has 0 aliphatic carbocycles. The molecular formula is C10H13FN2O2. The first-order valence-corrected chi connectivity index (χ1v) is 4.44. The van der Waals surface area contributed by atoms with Crippen molar-refractivity contribution in [2.75, 3.05) is 14.2 Å². The highest BCUT2D eigenvalue weighted by Gasteiger charge is 2.36. The SMILES string of the molecule is CNC(C)(C(=O)OC)c1ccc(F)cn1. The molecule has 1 aromatic rings. The molecule has 0 saturated heterocycles. The van der Waals surface area contributed by atoms with E-state index in [0.717, 1.165) is 6.20 Å². The highest BCUT2D eigenvalue weighted by atomic mass is 19.1. The van der Waals surface area contributed by atoms with Crippen LogP contribution in [-0.4, -0.2) is 25.1 Å². The second-order valence-corrected chi connectivity index (χ2v) is 3.23. The van der Waals surface area contributed by atoms with Gasteiger partial charge in [0.1, 0.15) is 5.82 Å². The molecule has 5 heteroatoms. The number of hydrogen-bond donors (Lipinski definition) is 1. The monoisotopic (exact) mass is 212 g/mol. The molecule has 1 rings (SSSR count). The van der Waals surface area contributed by atoms with Crippen molar-refractivity contribution in [2.45, 2.75) is 12.5 Å². The Hall–Kier alpha value is -1.49. The summed E-state index contributed by atoms with van der Waals surface area (Å²) in [6.07, 6.45) is 1.06. The number of rotatable bonds is 3. The van der Waals surface area contributed by atoms with E-state index in [4.69, 9.17) is 0 Å². The zero-order valence-electron chi connectivity index (χ0n) is 8.87. The number of pyridine rings is 1. The van der Waals surface area contributed by atoms with Gasteiger partial charge in [-0.1, -0.05) is 0 Å². The van der Waals surface area contributed by atoms with Crippen molar-refractivity contribution in [3.8, 4) is 0 Å². The number of ether oxygens (including phenoxy) is 1. The molecule has 82 valence electrons. The molecular weight excluding hydrogens is 199 g/mol. The molecule has 1 N–H and O–H groups in total. The molecule has 0 bridgehead atoms. The van der Waals surface area contributed by atoms with E-state index >= 15 is 0 Å². The van der Waals surface area contributed by atoms with Gasteiger partial charge in [-0.3, -0.25) is 4.98 Å². The largest absolute Gasteiger partial charge is 0.467 e. The van der Waals surface area contributed by atoms with Gasteiger partial charge >= 0.3 is 5.97 Å². The van der Waals surface area contributed by atoms with Gasteiger partial charge in [-0.25, -0.2) is 9.18 Å². The number of carbonyl (C=O) groups is 1. The van der Waals surface area contributed by atoms with Crippen LogP contribution in [0.2, 0.25) is 0 Å². The predicted octanol–water partition coefficient (Wildman–Crippen LogP) is 0.828. The molecule has 1 aromatic heterocycles. The van der Waals surface area contributed by atoms with Crippen LogP contribution < -0.4 is 5.32 Å². The number of nitrogens with zero attached hydrogens (tertiary/aromatic N) is 1. The van der Waals surface area contributed by atoms with Gasteiger partial charge in [0, 0.05) is 0 Å². The lowest BCUT2D eigenvalue weighted by atomic mass is 9.97. The smallest absolute Gasteiger partial charge is 0.332 e. The van der Waals surface area contributed by atoms with Crippen molar-refractivity contribution < 1.29 is 13.9 Å². The van der Waals surface area contributed by atoms with Gasteiger partial charge in [-0.15, -0.1) is 0 Å². The van der Waals surface area contributed by atoms with E-state index < -0.39 is 17.3 Å². The average molecular weight is 212 g/mol. The first-order chi connectivity index (χ1) is 7.04. The molecule has 1 atom stereocenters. The molecule has 15 heavy (non-hydrogen) atoms. The van der Waals surface area contributed by atoms with Crippen LogP contribution in [0.25, 0.3) is 0 Å². The van der Waals surface area contributed by atoms with Gasteiger partial charge in [-0.2, -0.15) is 0 Å². The van der Waals surface area contributed by atoms with E-state index in [9.17, 15) is 9.18 Å². The van der Waals surface area contributed by atoms with Crippen molar-refractivity contribution in [3.63, 3.8) is 0 Å². The third-order valence-electron chi connectivity index (χ3n) is 2.33. The third-order valence-corrected chi connectivity index (χ3v) is 2.33. The van der Waals surface area contributed by atoms with Crippen molar-refractivity contribution >= 4 is 5.97 Å². The van der Waals surface area contributed by atoms with E-state index in [1.54, 1.807) is 14.0 Å². The highest BCUT2D eigenvalue weighted by Crippen LogP contribution is 2.19. The maximum absolute atomic E-state index is 12.7. The summed E-state index contributed by atoms with van der Waals surface area (Å²) in [6, 6.07) is 2.70. The lowest BCUT2D eigenvalue weighted by Gasteiger charge is -2.25. The number of esters is 1. The summed E-state index contributed by atoms with van der Waals surface area (Å²) in [4.78, 5) is 15.4. The maximum Gasteiger partial charge on any atom is 0.332 e. The third kappa shape index (κ3) is 2.12. The fraction of sp³-hybridized carbons (Fsp3) is 0.400. The topological polar surface area (TPSA) is 51.2 Å². The zero-order valence-corrected chi connectivity index (χ0v) is 8.87. The molecule has 0 saturated carbocycles. The van der Waals surface area contributed by atoms with Crippen LogP contribution in [0.1, 0.15) is 12.6 Å². The van der Waals surface area contributed by atoms with E-state index in [2.05, 4.69) is 15.0 Å². The molecule has 4 nitrogen and oxygen atoms in total. The number of aromatic nitrogens is 1. The Morgan fingerprint density at radius 1 is 1.60 bits per heavy atom. The van der Waals surface area contributed by atoms with Crippen LogP contribution in [-0.2, 0) is 15.1 Å². The van der Waals surface area contributed by atoms with Gasteiger partial charge in [0.2, 0.25) is 0 Å². The van der Waals surface area contributed by atoms with Crippen molar-refractivity contribution in [1.82, 2.24) is 10.3 Å². The molecule has 0 aromatic carbocycles. The van der Waals surface area contributed by atoms with E-state index in [0.29, 0.717) is 5.69 Å². The minimum atomic E-state index is -1.05. The van der Waals surface area contributed by atoms with Crippen molar-refractivity contribution in [1.29, 1.82) is 0 Å². The highest BCUT2D eigenvalue weighted by molar-refractivity contribution is 5.81. The maximum atomic E-state index is 12.7. The van der Waals surface area contributed by atoms with Gasteiger partial charge < -0.3 is 10.1 Å². The number of carbonyl (C=O) groups excluding carboxylic acids is 1. The van der Waals surface area contributed by atoms with Crippen LogP contribution >= 0.6 is 0 Å². The summed E-state index contributed by atoms with van der Waals surface area (Å²) in [5.74, 6) is -0.911. The number of methoxy groups -OCH3 is 1. The van der Waals surface area contributed by atoms with Crippen LogP contribution in [0.15, 0.2) is 18.3 Å². The van der Waals surface area contributed by atoms with Crippen LogP contribution in [0.4, 0.5) is 4.39 Å². The van der Waals surface area contributed by atoms with Gasteiger partial charge in [0.15, 0.2) is 5.54 Å². The Balaban J connectivity index is 3.11. The van der Waals surface area contributed by atoms with Crippen LogP contribution in [0, 0.1) is 5.82 Å². The summed E-state index contributed by atoms with van der Waals surface area (Å²) in [7, 11) is 2.91. The number of nitrogens with one attached hydrogen (secondary N) is 1. The molecule has 1 heterocycles. The Bertz CT molecular complexity index is 353. The van der Waals surface area contributed by atoms with Crippen molar-refractivity contribution in [3.05, 3.63) is 29.8 Å². The average Bonchev–Trinajstić information content (AvgIpc) is 2.27. The summed E-state index contributed by atoms with van der Waals surface area (Å²) in [5.41, 5.74) is -0.638. The lowest BCUT2D eigenvalue weighted by Crippen LogP contribution is -2.46. The lowest BCUT2D eigenvalue weighted by molar-refractivity contribution is -0.148. The van der Waals surface area contributed by atoms with Crippen LogP contribution in [0.3, 0.4) is 0 Å². The fourth-order valence-electron chi connectivity index (χ4n) is 1.21. The summed E-state index contributed by atoms with van der Waals surface area (Å²) >= 11 is 0. The number of hydrogen-bond acceptors (Lipinski definition) is 4. The molecule has 0 fully saturated rings. The quantitative estimate of drug-likeness (QED) is 0.754. The molecule has 1 unspecified atom stereocenters. The van der Waals surface area contributed by atoms with Crippen molar-refractivity contribution in [2.24, 2.45) is 0 Å². The minimum absolute atomic E-state index is 0.415. The summed E-state index contributed by atoms with van der Waals surface area (Å²) in [5, 5.41) is 2.81. The Morgan fingerprint density at radius 2 is 2.27 bits per heavy atom. The van der Waals surface area contributed by atoms with Gasteiger partial charge in [0.25, 0.3) is 0 Å². The molecule has 0 spiro atoms. The predicted molar refractivity (Wildman–Crippen MR) is 52.6 cm³/mol. The first kappa shape index (κ1) is 11.6. The summed E-state index contributed by atoms with van der Waals surface area (Å²) in [6.45, 7) is 1.62. The Morgan fingerprint density at radius 3 is 2.67 bits per heavy atom. The normalized spacial score (nSPS) is 14.4. The van der Waals surface area contributed by atoms with Gasteiger partial charge in [-0.05, 0) is 26.1 Å². The minimum Gasteiger partial charge on any atom is -0.467 e. The first-order valence-electron chi connectivity index (χ1n) is 4.44. The zero-order chi connectivity index (χ0) is 11.5. The van der Waals surface area contributed by atoms with E-state index in [1.807, 2.05) is 0 Å². The molecule has 0 aliphatic rings. The van der Waals surface area contributed by atoms with Gasteiger partial charge in [0.05, 0.1) is 19.0 Å². The number of likely N-dealkylation sites (N-methyl/N-ethyl adjacent to an activating group) is 1.